The number of pyridine rings is 1. The van der Waals surface area contributed by atoms with Crippen LogP contribution in [0.2, 0.25) is 10.0 Å². The van der Waals surface area contributed by atoms with Gasteiger partial charge in [0.05, 0.1) is 0 Å². The van der Waals surface area contributed by atoms with Crippen molar-refractivity contribution in [2.45, 2.75) is 38.5 Å². The summed E-state index contributed by atoms with van der Waals surface area (Å²) in [5.74, 6) is 0. The van der Waals surface area contributed by atoms with Gasteiger partial charge in [0.1, 0.15) is 0 Å². The van der Waals surface area contributed by atoms with Crippen LogP contribution in [-0.4, -0.2) is 39.9 Å². The summed E-state index contributed by atoms with van der Waals surface area (Å²) in [5.41, 5.74) is 3.23. The molecule has 5 nitrogen and oxygen atoms in total. The molecule has 1 saturated heterocycles. The van der Waals surface area contributed by atoms with Crippen LogP contribution in [0.15, 0.2) is 73.1 Å². The largest absolute Gasteiger partial charge is 0.325 e. The van der Waals surface area contributed by atoms with Crippen molar-refractivity contribution in [1.82, 2.24) is 20.1 Å². The van der Waals surface area contributed by atoms with E-state index in [9.17, 15) is 4.79 Å². The number of nitrogens with zero attached hydrogens (tertiary/aromatic N) is 3. The van der Waals surface area contributed by atoms with E-state index in [-0.39, 0.29) is 6.03 Å². The van der Waals surface area contributed by atoms with E-state index in [1.807, 2.05) is 82.9 Å². The highest BCUT2D eigenvalue weighted by Crippen LogP contribution is 2.20. The Morgan fingerprint density at radius 3 is 2.03 bits per heavy atom. The van der Waals surface area contributed by atoms with Crippen LogP contribution in [0.5, 0.6) is 0 Å². The van der Waals surface area contributed by atoms with E-state index in [0.29, 0.717) is 29.2 Å². The number of aromatic nitrogens is 1. The first-order chi connectivity index (χ1) is 16.1. The van der Waals surface area contributed by atoms with Crippen LogP contribution in [0.4, 0.5) is 4.79 Å². The number of carbonyl (C=O) groups is 1. The zero-order valence-electron chi connectivity index (χ0n) is 18.5. The van der Waals surface area contributed by atoms with Crippen molar-refractivity contribution in [2.75, 3.05) is 13.1 Å². The SMILES string of the molecule is O=C(N1CCC(NCc2ccncc2)CC1)N(Cc1cccc(Cl)c1)Cc1cccc(Cl)c1. The van der Waals surface area contributed by atoms with Crippen LogP contribution in [0, 0.1) is 0 Å². The van der Waals surface area contributed by atoms with Crippen molar-refractivity contribution in [3.05, 3.63) is 99.8 Å². The second-order valence-corrected chi connectivity index (χ2v) is 9.27. The van der Waals surface area contributed by atoms with Crippen LogP contribution >= 0.6 is 23.2 Å². The highest BCUT2D eigenvalue weighted by atomic mass is 35.5. The number of benzene rings is 2. The normalized spacial score (nSPS) is 14.3. The molecule has 1 N–H and O–H groups in total. The van der Waals surface area contributed by atoms with Gasteiger partial charge in [-0.3, -0.25) is 4.98 Å². The van der Waals surface area contributed by atoms with Gasteiger partial charge in [-0.25, -0.2) is 4.79 Å². The first kappa shape index (κ1) is 23.6. The highest BCUT2D eigenvalue weighted by Gasteiger charge is 2.26. The predicted octanol–water partition coefficient (Wildman–Crippen LogP) is 5.76. The van der Waals surface area contributed by atoms with Crippen LogP contribution in [0.1, 0.15) is 29.5 Å². The first-order valence-corrected chi connectivity index (χ1v) is 12.0. The number of nitrogens with one attached hydrogen (secondary N) is 1. The number of likely N-dealkylation sites (tertiary alicyclic amines) is 1. The van der Waals surface area contributed by atoms with Crippen molar-refractivity contribution in [2.24, 2.45) is 0 Å². The minimum Gasteiger partial charge on any atom is -0.325 e. The highest BCUT2D eigenvalue weighted by molar-refractivity contribution is 6.30. The molecule has 2 amide bonds. The second kappa shape index (κ2) is 11.5. The number of amides is 2. The number of piperidine rings is 1. The van der Waals surface area contributed by atoms with Gasteiger partial charge in [-0.2, -0.15) is 0 Å². The number of hydrogen-bond donors (Lipinski definition) is 1. The molecule has 3 aromatic rings. The molecule has 1 aliphatic heterocycles. The molecular weight excluding hydrogens is 455 g/mol. The molecule has 0 bridgehead atoms. The minimum absolute atomic E-state index is 0.0440. The lowest BCUT2D eigenvalue weighted by molar-refractivity contribution is 0.131. The van der Waals surface area contributed by atoms with E-state index >= 15 is 0 Å². The Kier molecular flexibility index (Phi) is 8.21. The van der Waals surface area contributed by atoms with Gasteiger partial charge in [0.15, 0.2) is 0 Å². The first-order valence-electron chi connectivity index (χ1n) is 11.2. The van der Waals surface area contributed by atoms with Crippen LogP contribution in [-0.2, 0) is 19.6 Å². The Morgan fingerprint density at radius 2 is 1.48 bits per heavy atom. The van der Waals surface area contributed by atoms with Gasteiger partial charge < -0.3 is 15.1 Å². The number of hydrogen-bond acceptors (Lipinski definition) is 3. The summed E-state index contributed by atoms with van der Waals surface area (Å²) in [7, 11) is 0. The summed E-state index contributed by atoms with van der Waals surface area (Å²) < 4.78 is 0. The molecule has 1 aromatic heterocycles. The Hall–Kier alpha value is -2.60. The average Bonchev–Trinajstić information content (AvgIpc) is 2.83. The van der Waals surface area contributed by atoms with Gasteiger partial charge in [0.25, 0.3) is 0 Å². The Labute approximate surface area is 205 Å². The third-order valence-corrected chi connectivity index (χ3v) is 6.38. The maximum Gasteiger partial charge on any atom is 0.320 e. The van der Waals surface area contributed by atoms with Crippen LogP contribution in [0.3, 0.4) is 0 Å². The Bertz CT molecular complexity index is 1010. The van der Waals surface area contributed by atoms with E-state index in [4.69, 9.17) is 23.2 Å². The molecule has 7 heteroatoms. The third kappa shape index (κ3) is 6.94. The molecule has 1 aliphatic rings. The fourth-order valence-electron chi connectivity index (χ4n) is 4.14. The van der Waals surface area contributed by atoms with Crippen molar-refractivity contribution in [3.8, 4) is 0 Å². The summed E-state index contributed by atoms with van der Waals surface area (Å²) in [6, 6.07) is 19.8. The van der Waals surface area contributed by atoms with E-state index < -0.39 is 0 Å². The zero-order valence-corrected chi connectivity index (χ0v) is 20.0. The van der Waals surface area contributed by atoms with Crippen LogP contribution < -0.4 is 5.32 Å². The number of halogens is 2. The lowest BCUT2D eigenvalue weighted by Crippen LogP contribution is -2.49. The smallest absolute Gasteiger partial charge is 0.320 e. The summed E-state index contributed by atoms with van der Waals surface area (Å²) >= 11 is 12.4. The third-order valence-electron chi connectivity index (χ3n) is 5.91. The molecule has 0 unspecified atom stereocenters. The minimum atomic E-state index is 0.0440. The molecule has 1 fully saturated rings. The quantitative estimate of drug-likeness (QED) is 0.465. The van der Waals surface area contributed by atoms with Gasteiger partial charge in [0, 0.05) is 61.2 Å². The summed E-state index contributed by atoms with van der Waals surface area (Å²) in [6.45, 7) is 3.26. The Balaban J connectivity index is 1.39. The zero-order chi connectivity index (χ0) is 23.0. The van der Waals surface area contributed by atoms with Crippen molar-refractivity contribution >= 4 is 29.2 Å². The van der Waals surface area contributed by atoms with Gasteiger partial charge in [-0.1, -0.05) is 47.5 Å². The van der Waals surface area contributed by atoms with Gasteiger partial charge in [-0.05, 0) is 65.9 Å². The van der Waals surface area contributed by atoms with E-state index in [1.165, 1.54) is 5.56 Å². The fraction of sp³-hybridized carbons (Fsp3) is 0.308. The number of urea groups is 1. The molecule has 172 valence electrons. The molecular formula is C26H28Cl2N4O. The molecule has 0 radical (unpaired) electrons. The predicted molar refractivity (Wildman–Crippen MR) is 133 cm³/mol. The molecule has 33 heavy (non-hydrogen) atoms. The molecule has 4 rings (SSSR count). The van der Waals surface area contributed by atoms with E-state index in [0.717, 1.165) is 43.6 Å². The lowest BCUT2D eigenvalue weighted by atomic mass is 10.0. The maximum absolute atomic E-state index is 13.5. The van der Waals surface area contributed by atoms with E-state index in [1.54, 1.807) is 0 Å². The van der Waals surface area contributed by atoms with Gasteiger partial charge in [-0.15, -0.1) is 0 Å². The molecule has 0 aliphatic carbocycles. The van der Waals surface area contributed by atoms with Crippen molar-refractivity contribution < 1.29 is 4.79 Å². The van der Waals surface area contributed by atoms with Crippen LogP contribution in [0.25, 0.3) is 0 Å². The monoisotopic (exact) mass is 482 g/mol. The fourth-order valence-corrected chi connectivity index (χ4v) is 4.57. The Morgan fingerprint density at radius 1 is 0.909 bits per heavy atom. The molecule has 0 atom stereocenters. The lowest BCUT2D eigenvalue weighted by Gasteiger charge is -2.36. The number of rotatable bonds is 7. The van der Waals surface area contributed by atoms with E-state index in [2.05, 4.69) is 10.3 Å². The summed E-state index contributed by atoms with van der Waals surface area (Å²) in [6.07, 6.45) is 5.48. The van der Waals surface area contributed by atoms with Gasteiger partial charge >= 0.3 is 6.03 Å². The summed E-state index contributed by atoms with van der Waals surface area (Å²) in [5, 5.41) is 4.95. The molecule has 0 spiro atoms. The standard InChI is InChI=1S/C26H28Cl2N4O/c27-23-5-1-3-21(15-23)18-32(19-22-4-2-6-24(28)16-22)26(33)31-13-9-25(10-14-31)30-17-20-7-11-29-12-8-20/h1-8,11-12,15-16,25,30H,9-10,13-14,17-19H2. The molecule has 0 saturated carbocycles. The van der Waals surface area contributed by atoms with Crippen molar-refractivity contribution in [3.63, 3.8) is 0 Å². The maximum atomic E-state index is 13.5. The second-order valence-electron chi connectivity index (χ2n) is 8.40. The summed E-state index contributed by atoms with van der Waals surface area (Å²) in [4.78, 5) is 21.4. The molecule has 2 heterocycles. The number of carbonyl (C=O) groups excluding carboxylic acids is 1. The molecule has 2 aromatic carbocycles. The van der Waals surface area contributed by atoms with Gasteiger partial charge in [0.2, 0.25) is 0 Å². The topological polar surface area (TPSA) is 48.5 Å². The van der Waals surface area contributed by atoms with Crippen molar-refractivity contribution in [1.29, 1.82) is 0 Å². The average molecular weight is 483 g/mol.